The van der Waals surface area contributed by atoms with E-state index in [4.69, 9.17) is 11.0 Å². The van der Waals surface area contributed by atoms with Gasteiger partial charge in [-0.3, -0.25) is 4.68 Å². The molecule has 4 rings (SSSR count). The van der Waals surface area contributed by atoms with Gasteiger partial charge in [-0.1, -0.05) is 24.3 Å². The van der Waals surface area contributed by atoms with Gasteiger partial charge >= 0.3 is 0 Å². The van der Waals surface area contributed by atoms with Crippen LogP contribution in [0.15, 0.2) is 55.0 Å². The van der Waals surface area contributed by atoms with Gasteiger partial charge in [0.15, 0.2) is 0 Å². The Morgan fingerprint density at radius 3 is 2.82 bits per heavy atom. The number of aryl methyl sites for hydroxylation is 1. The molecule has 0 aliphatic rings. The number of aromatic nitrogens is 4. The molecule has 1 aromatic carbocycles. The van der Waals surface area contributed by atoms with Crippen molar-refractivity contribution in [2.45, 2.75) is 19.9 Å². The maximum Gasteiger partial charge on any atom is 0.135 e. The largest absolute Gasteiger partial charge is 0.383 e. The minimum absolute atomic E-state index is 0.331. The summed E-state index contributed by atoms with van der Waals surface area (Å²) in [5.74, 6) is 1.11. The van der Waals surface area contributed by atoms with Crippen molar-refractivity contribution >= 4 is 28.1 Å². The lowest BCUT2D eigenvalue weighted by Gasteiger charge is -2.10. The second-order valence-electron chi connectivity index (χ2n) is 6.64. The number of nitrogens with zero attached hydrogens (tertiary/aromatic N) is 5. The molecule has 0 amide bonds. The minimum Gasteiger partial charge on any atom is -0.383 e. The Hall–Kier alpha value is -3.92. The molecule has 0 aliphatic carbocycles. The normalized spacial score (nSPS) is 11.9. The molecule has 0 fully saturated rings. The number of nitrogen functional groups attached to an aromatic ring is 1. The van der Waals surface area contributed by atoms with Crippen LogP contribution in [0.5, 0.6) is 0 Å². The van der Waals surface area contributed by atoms with E-state index in [0.717, 1.165) is 33.3 Å². The maximum atomic E-state index is 9.01. The first-order valence-corrected chi connectivity index (χ1v) is 8.88. The third kappa shape index (κ3) is 3.23. The quantitative estimate of drug-likeness (QED) is 0.558. The Morgan fingerprint density at radius 1 is 1.21 bits per heavy atom. The molecule has 138 valence electrons. The second kappa shape index (κ2) is 7.00. The summed E-state index contributed by atoms with van der Waals surface area (Å²) in [6.45, 7) is 3.84. The van der Waals surface area contributed by atoms with Crippen LogP contribution >= 0.6 is 0 Å². The zero-order chi connectivity index (χ0) is 19.7. The highest BCUT2D eigenvalue weighted by atomic mass is 15.3. The number of anilines is 3. The van der Waals surface area contributed by atoms with Crippen molar-refractivity contribution in [1.29, 1.82) is 5.26 Å². The zero-order valence-corrected chi connectivity index (χ0v) is 15.6. The zero-order valence-electron chi connectivity index (χ0n) is 15.6. The fourth-order valence-electron chi connectivity index (χ4n) is 3.06. The summed E-state index contributed by atoms with van der Waals surface area (Å²) >= 11 is 0. The average Bonchev–Trinajstić information content (AvgIpc) is 3.16. The number of hydrogen-bond acceptors (Lipinski definition) is 6. The minimum atomic E-state index is -0.331. The number of nitrogens with one attached hydrogen (secondary N) is 1. The summed E-state index contributed by atoms with van der Waals surface area (Å²) in [7, 11) is 0. The highest BCUT2D eigenvalue weighted by molar-refractivity contribution is 5.94. The van der Waals surface area contributed by atoms with Crippen LogP contribution in [0.4, 0.5) is 17.3 Å². The van der Waals surface area contributed by atoms with Crippen molar-refractivity contribution in [3.05, 3.63) is 60.6 Å². The molecule has 3 N–H and O–H groups in total. The van der Waals surface area contributed by atoms with Gasteiger partial charge in [0, 0.05) is 23.3 Å². The van der Waals surface area contributed by atoms with Crippen molar-refractivity contribution in [3.8, 4) is 17.3 Å². The molecule has 0 spiro atoms. The summed E-state index contributed by atoms with van der Waals surface area (Å²) in [5.41, 5.74) is 9.96. The van der Waals surface area contributed by atoms with Crippen molar-refractivity contribution in [1.82, 2.24) is 19.7 Å². The van der Waals surface area contributed by atoms with E-state index in [1.54, 1.807) is 30.2 Å². The van der Waals surface area contributed by atoms with Crippen molar-refractivity contribution in [3.63, 3.8) is 0 Å². The first-order valence-electron chi connectivity index (χ1n) is 8.88. The van der Waals surface area contributed by atoms with E-state index >= 15 is 0 Å². The van der Waals surface area contributed by atoms with E-state index < -0.39 is 0 Å². The van der Waals surface area contributed by atoms with Gasteiger partial charge in [-0.25, -0.2) is 9.97 Å². The van der Waals surface area contributed by atoms with Crippen molar-refractivity contribution in [2.24, 2.45) is 0 Å². The summed E-state index contributed by atoms with van der Waals surface area (Å²) in [4.78, 5) is 8.98. The molecule has 3 heterocycles. The lowest BCUT2D eigenvalue weighted by atomic mass is 10.0. The van der Waals surface area contributed by atoms with Crippen LogP contribution in [0.3, 0.4) is 0 Å². The van der Waals surface area contributed by atoms with E-state index in [0.29, 0.717) is 11.6 Å². The molecule has 3 aromatic heterocycles. The van der Waals surface area contributed by atoms with Crippen LogP contribution in [0, 0.1) is 18.3 Å². The third-order valence-corrected chi connectivity index (χ3v) is 4.62. The topological polar surface area (TPSA) is 105 Å². The smallest absolute Gasteiger partial charge is 0.135 e. The van der Waals surface area contributed by atoms with Crippen LogP contribution in [0.25, 0.3) is 22.0 Å². The lowest BCUT2D eigenvalue weighted by Crippen LogP contribution is -2.02. The van der Waals surface area contributed by atoms with Gasteiger partial charge in [-0.2, -0.15) is 10.4 Å². The maximum absolute atomic E-state index is 9.01. The molecule has 28 heavy (non-hydrogen) atoms. The number of nitrogens with two attached hydrogens (primary N) is 1. The first-order chi connectivity index (χ1) is 13.5. The van der Waals surface area contributed by atoms with Crippen LogP contribution < -0.4 is 11.1 Å². The van der Waals surface area contributed by atoms with Gasteiger partial charge in [0.1, 0.15) is 17.7 Å². The lowest BCUT2D eigenvalue weighted by molar-refractivity contribution is 0.591. The number of rotatable bonds is 4. The highest BCUT2D eigenvalue weighted by Crippen LogP contribution is 2.29. The molecule has 0 saturated heterocycles. The average molecular weight is 369 g/mol. The predicted molar refractivity (Wildman–Crippen MR) is 110 cm³/mol. The number of fused-ring (bicyclic) bond motifs is 1. The van der Waals surface area contributed by atoms with Gasteiger partial charge in [0.2, 0.25) is 0 Å². The standard InChI is InChI=1S/C21H19N7/c1-13-5-3-4-6-17(13)19-7-15-8-20(24-11-18(15)21(23)27-19)26-16-10-25-28(12-16)14(2)9-22/h3-8,10-12,14H,1-2H3,(H2,23,27)(H,24,26). The van der Waals surface area contributed by atoms with Crippen molar-refractivity contribution in [2.75, 3.05) is 11.1 Å². The van der Waals surface area contributed by atoms with Gasteiger partial charge in [-0.15, -0.1) is 0 Å². The van der Waals surface area contributed by atoms with Crippen molar-refractivity contribution < 1.29 is 0 Å². The van der Waals surface area contributed by atoms with Gasteiger partial charge in [-0.05, 0) is 36.9 Å². The molecule has 7 nitrogen and oxygen atoms in total. The summed E-state index contributed by atoms with van der Waals surface area (Å²) in [5, 5.41) is 18.2. The molecular weight excluding hydrogens is 350 g/mol. The highest BCUT2D eigenvalue weighted by Gasteiger charge is 2.10. The van der Waals surface area contributed by atoms with Gasteiger partial charge < -0.3 is 11.1 Å². The van der Waals surface area contributed by atoms with Crippen LogP contribution in [-0.4, -0.2) is 19.7 Å². The molecule has 0 aliphatic heterocycles. The first kappa shape index (κ1) is 17.5. The SMILES string of the molecule is Cc1ccccc1-c1cc2cc(Nc3cnn(C(C)C#N)c3)ncc2c(N)n1. The monoisotopic (exact) mass is 369 g/mol. The van der Waals surface area contributed by atoms with Gasteiger partial charge in [0.05, 0.1) is 23.6 Å². The molecule has 0 saturated carbocycles. The van der Waals surface area contributed by atoms with E-state index in [1.807, 2.05) is 30.3 Å². The number of pyridine rings is 2. The summed E-state index contributed by atoms with van der Waals surface area (Å²) in [6, 6.07) is 13.8. The Labute approximate surface area is 162 Å². The van der Waals surface area contributed by atoms with E-state index in [1.165, 1.54) is 0 Å². The number of nitriles is 1. The predicted octanol–water partition coefficient (Wildman–Crippen LogP) is 4.21. The molecule has 0 bridgehead atoms. The van der Waals surface area contributed by atoms with Gasteiger partial charge in [0.25, 0.3) is 0 Å². The van der Waals surface area contributed by atoms with E-state index in [-0.39, 0.29) is 6.04 Å². The number of hydrogen-bond donors (Lipinski definition) is 2. The Kier molecular flexibility index (Phi) is 4.38. The molecule has 0 radical (unpaired) electrons. The second-order valence-corrected chi connectivity index (χ2v) is 6.64. The third-order valence-electron chi connectivity index (χ3n) is 4.62. The Morgan fingerprint density at radius 2 is 2.04 bits per heavy atom. The number of benzene rings is 1. The van der Waals surface area contributed by atoms with E-state index in [2.05, 4.69) is 39.4 Å². The molecule has 1 unspecified atom stereocenters. The van der Waals surface area contributed by atoms with Crippen LogP contribution in [0.1, 0.15) is 18.5 Å². The fraction of sp³-hybridized carbons (Fsp3) is 0.143. The van der Waals surface area contributed by atoms with Crippen LogP contribution in [0.2, 0.25) is 0 Å². The van der Waals surface area contributed by atoms with Crippen LogP contribution in [-0.2, 0) is 0 Å². The summed E-state index contributed by atoms with van der Waals surface area (Å²) in [6.07, 6.45) is 5.16. The molecule has 1 atom stereocenters. The fourth-order valence-corrected chi connectivity index (χ4v) is 3.06. The Balaban J connectivity index is 1.71. The summed E-state index contributed by atoms with van der Waals surface area (Å²) < 4.78 is 1.60. The molecule has 4 aromatic rings. The van der Waals surface area contributed by atoms with E-state index in [9.17, 15) is 0 Å². The molecular formula is C21H19N7. The molecule has 7 heteroatoms. The Bertz CT molecular complexity index is 1200.